The van der Waals surface area contributed by atoms with Gasteiger partial charge in [-0.15, -0.1) is 11.3 Å². The summed E-state index contributed by atoms with van der Waals surface area (Å²) < 4.78 is 6.83. The molecule has 2 aromatic rings. The van der Waals surface area contributed by atoms with Crippen molar-refractivity contribution < 1.29 is 19.1 Å². The van der Waals surface area contributed by atoms with Gasteiger partial charge in [0.2, 0.25) is 0 Å². The first-order valence-corrected chi connectivity index (χ1v) is 10.4. The molecule has 2 heterocycles. The van der Waals surface area contributed by atoms with E-state index in [1.807, 2.05) is 18.4 Å². The number of hydrogen-bond acceptors (Lipinski definition) is 5. The summed E-state index contributed by atoms with van der Waals surface area (Å²) in [6, 6.07) is 3.63. The summed E-state index contributed by atoms with van der Waals surface area (Å²) in [5, 5.41) is 1.86. The van der Waals surface area contributed by atoms with Crippen LogP contribution in [0.4, 0.5) is 0 Å². The largest absolute Gasteiger partial charge is 0.461 e. The lowest BCUT2D eigenvalue weighted by atomic mass is 10.0. The molecule has 1 saturated carbocycles. The summed E-state index contributed by atoms with van der Waals surface area (Å²) in [5.74, 6) is -0.210. The van der Waals surface area contributed by atoms with Crippen LogP contribution in [0.5, 0.6) is 0 Å². The molecule has 7 heteroatoms. The molecular weight excluding hydrogens is 376 g/mol. The molecule has 3 rings (SSSR count). The number of carbonyl (C=O) groups is 3. The predicted molar refractivity (Wildman–Crippen MR) is 108 cm³/mol. The Balaban J connectivity index is 1.86. The van der Waals surface area contributed by atoms with Crippen molar-refractivity contribution in [2.45, 2.75) is 33.6 Å². The van der Waals surface area contributed by atoms with E-state index >= 15 is 0 Å². The molecule has 1 aliphatic carbocycles. The van der Waals surface area contributed by atoms with Crippen molar-refractivity contribution in [3.05, 3.63) is 44.9 Å². The zero-order chi connectivity index (χ0) is 20.4. The fourth-order valence-electron chi connectivity index (χ4n) is 3.52. The van der Waals surface area contributed by atoms with Gasteiger partial charge in [0.15, 0.2) is 5.78 Å². The van der Waals surface area contributed by atoms with Gasteiger partial charge in [0.05, 0.1) is 18.0 Å². The van der Waals surface area contributed by atoms with Gasteiger partial charge in [-0.1, -0.05) is 6.07 Å². The summed E-state index contributed by atoms with van der Waals surface area (Å²) in [7, 11) is 1.75. The third-order valence-electron chi connectivity index (χ3n) is 5.21. The van der Waals surface area contributed by atoms with E-state index < -0.39 is 5.97 Å². The van der Waals surface area contributed by atoms with E-state index in [1.165, 1.54) is 11.3 Å². The Morgan fingerprint density at radius 2 is 2.00 bits per heavy atom. The average molecular weight is 403 g/mol. The molecular formula is C21H26N2O4S. The molecule has 0 radical (unpaired) electrons. The van der Waals surface area contributed by atoms with Crippen LogP contribution in [0.2, 0.25) is 0 Å². The van der Waals surface area contributed by atoms with Crippen LogP contribution in [-0.2, 0) is 11.8 Å². The van der Waals surface area contributed by atoms with Crippen molar-refractivity contribution in [3.8, 4) is 0 Å². The second kappa shape index (κ2) is 8.31. The minimum atomic E-state index is -0.436. The number of ether oxygens (including phenoxy) is 1. The van der Waals surface area contributed by atoms with Gasteiger partial charge in [0, 0.05) is 24.8 Å². The maximum Gasteiger partial charge on any atom is 0.355 e. The van der Waals surface area contributed by atoms with Gasteiger partial charge in [0.1, 0.15) is 5.69 Å². The van der Waals surface area contributed by atoms with Crippen molar-refractivity contribution in [3.63, 3.8) is 0 Å². The number of nitrogens with zero attached hydrogens (tertiary/aromatic N) is 2. The molecule has 6 nitrogen and oxygen atoms in total. The van der Waals surface area contributed by atoms with Crippen LogP contribution < -0.4 is 0 Å². The van der Waals surface area contributed by atoms with Gasteiger partial charge in [-0.2, -0.15) is 0 Å². The fraction of sp³-hybridized carbons (Fsp3) is 0.476. The minimum absolute atomic E-state index is 0.0151. The highest BCUT2D eigenvalue weighted by molar-refractivity contribution is 7.12. The van der Waals surface area contributed by atoms with E-state index in [-0.39, 0.29) is 24.8 Å². The van der Waals surface area contributed by atoms with Crippen LogP contribution in [0.15, 0.2) is 17.5 Å². The van der Waals surface area contributed by atoms with Gasteiger partial charge in [-0.05, 0) is 56.5 Å². The van der Waals surface area contributed by atoms with Crippen molar-refractivity contribution in [2.75, 3.05) is 19.7 Å². The Labute approximate surface area is 169 Å². The van der Waals surface area contributed by atoms with Crippen LogP contribution in [-0.4, -0.2) is 46.8 Å². The number of rotatable bonds is 8. The third kappa shape index (κ3) is 4.04. The molecule has 1 fully saturated rings. The maximum atomic E-state index is 13.2. The van der Waals surface area contributed by atoms with Crippen LogP contribution in [0, 0.1) is 19.8 Å². The molecule has 0 bridgehead atoms. The highest BCUT2D eigenvalue weighted by Gasteiger charge is 2.31. The molecule has 150 valence electrons. The molecule has 1 amide bonds. The molecule has 0 saturated heterocycles. The van der Waals surface area contributed by atoms with Crippen molar-refractivity contribution >= 4 is 29.0 Å². The van der Waals surface area contributed by atoms with Gasteiger partial charge < -0.3 is 14.2 Å². The highest BCUT2D eigenvalue weighted by Crippen LogP contribution is 2.31. The Bertz CT molecular complexity index is 894. The van der Waals surface area contributed by atoms with E-state index in [0.717, 1.165) is 12.8 Å². The number of amides is 1. The number of hydrogen-bond donors (Lipinski definition) is 0. The highest BCUT2D eigenvalue weighted by atomic mass is 32.1. The van der Waals surface area contributed by atoms with E-state index in [2.05, 4.69) is 0 Å². The molecule has 1 aliphatic rings. The fourth-order valence-corrected chi connectivity index (χ4v) is 4.21. The smallest absolute Gasteiger partial charge is 0.355 e. The maximum absolute atomic E-state index is 13.2. The van der Waals surface area contributed by atoms with Gasteiger partial charge in [0.25, 0.3) is 5.91 Å². The molecule has 2 aromatic heterocycles. The third-order valence-corrected chi connectivity index (χ3v) is 6.07. The molecule has 0 aliphatic heterocycles. The van der Waals surface area contributed by atoms with Crippen LogP contribution >= 0.6 is 11.3 Å². The Kier molecular flexibility index (Phi) is 6.03. The number of aromatic nitrogens is 1. The Morgan fingerprint density at radius 3 is 2.57 bits per heavy atom. The number of ketones is 1. The lowest BCUT2D eigenvalue weighted by Crippen LogP contribution is -2.37. The van der Waals surface area contributed by atoms with Gasteiger partial charge in [-0.25, -0.2) is 4.79 Å². The Hall–Kier alpha value is -2.41. The predicted octanol–water partition coefficient (Wildman–Crippen LogP) is 3.62. The average Bonchev–Trinajstić information content (AvgIpc) is 3.22. The van der Waals surface area contributed by atoms with Crippen molar-refractivity contribution in [2.24, 2.45) is 13.0 Å². The zero-order valence-corrected chi connectivity index (χ0v) is 17.6. The number of thiophene rings is 1. The first-order valence-electron chi connectivity index (χ1n) is 9.54. The molecule has 0 unspecified atom stereocenters. The standard InChI is InChI=1S/C21H26N2O4S/c1-5-27-21(26)19-13(2)18(14(3)22(19)4)16(24)12-23(11-15-8-9-15)20(25)17-7-6-10-28-17/h6-7,10,15H,5,8-9,11-12H2,1-4H3. The van der Waals surface area contributed by atoms with E-state index in [4.69, 9.17) is 4.74 Å². The lowest BCUT2D eigenvalue weighted by molar-refractivity contribution is 0.0514. The van der Waals surface area contributed by atoms with Gasteiger partial charge in [-0.3, -0.25) is 9.59 Å². The SMILES string of the molecule is CCOC(=O)c1c(C)c(C(=O)CN(CC2CC2)C(=O)c2cccs2)c(C)n1C. The van der Waals surface area contributed by atoms with E-state index in [9.17, 15) is 14.4 Å². The molecule has 0 N–H and O–H groups in total. The Morgan fingerprint density at radius 1 is 1.29 bits per heavy atom. The number of carbonyl (C=O) groups excluding carboxylic acids is 3. The summed E-state index contributed by atoms with van der Waals surface area (Å²) in [5.41, 5.74) is 2.21. The van der Waals surface area contributed by atoms with Crippen molar-refractivity contribution in [1.29, 1.82) is 0 Å². The van der Waals surface area contributed by atoms with E-state index in [0.29, 0.717) is 39.9 Å². The monoisotopic (exact) mass is 402 g/mol. The molecule has 0 atom stereocenters. The normalized spacial score (nSPS) is 13.4. The second-order valence-electron chi connectivity index (χ2n) is 7.24. The number of Topliss-reactive ketones (excluding diaryl/α,β-unsaturated/α-hetero) is 1. The molecule has 0 spiro atoms. The topological polar surface area (TPSA) is 68.6 Å². The first kappa shape index (κ1) is 20.3. The number of esters is 1. The lowest BCUT2D eigenvalue weighted by Gasteiger charge is -2.21. The summed E-state index contributed by atoms with van der Waals surface area (Å²) in [4.78, 5) is 40.6. The minimum Gasteiger partial charge on any atom is -0.461 e. The van der Waals surface area contributed by atoms with Crippen molar-refractivity contribution in [1.82, 2.24) is 9.47 Å². The zero-order valence-electron chi connectivity index (χ0n) is 16.8. The summed E-state index contributed by atoms with van der Waals surface area (Å²) >= 11 is 1.38. The van der Waals surface area contributed by atoms with E-state index in [1.54, 1.807) is 36.4 Å². The quantitative estimate of drug-likeness (QED) is 0.500. The second-order valence-corrected chi connectivity index (χ2v) is 8.19. The van der Waals surface area contributed by atoms with Gasteiger partial charge >= 0.3 is 5.97 Å². The van der Waals surface area contributed by atoms with Crippen LogP contribution in [0.3, 0.4) is 0 Å². The molecule has 28 heavy (non-hydrogen) atoms. The molecule has 0 aromatic carbocycles. The first-order chi connectivity index (χ1) is 13.3. The van der Waals surface area contributed by atoms with Crippen LogP contribution in [0.25, 0.3) is 0 Å². The summed E-state index contributed by atoms with van der Waals surface area (Å²) in [6.07, 6.45) is 2.19. The van der Waals surface area contributed by atoms with Crippen LogP contribution in [0.1, 0.15) is 61.5 Å². The summed E-state index contributed by atoms with van der Waals surface area (Å²) in [6.45, 7) is 6.21.